The number of thioether (sulfide) groups is 1. The van der Waals surface area contributed by atoms with Crippen molar-refractivity contribution in [2.75, 3.05) is 6.54 Å². The van der Waals surface area contributed by atoms with Gasteiger partial charge >= 0.3 is 0 Å². The first kappa shape index (κ1) is 16.1. The van der Waals surface area contributed by atoms with Crippen molar-refractivity contribution >= 4 is 17.7 Å². The van der Waals surface area contributed by atoms with Crippen molar-refractivity contribution in [1.29, 1.82) is 0 Å². The molecule has 0 aliphatic heterocycles. The fourth-order valence-electron chi connectivity index (χ4n) is 1.70. The molecule has 1 aromatic rings. The van der Waals surface area contributed by atoms with Crippen LogP contribution in [0.25, 0.3) is 0 Å². The lowest BCUT2D eigenvalue weighted by atomic mass is 10.2. The number of rotatable bonds is 8. The van der Waals surface area contributed by atoms with Gasteiger partial charge in [0.2, 0.25) is 5.91 Å². The molecule has 0 aliphatic rings. The van der Waals surface area contributed by atoms with Gasteiger partial charge in [0, 0.05) is 11.4 Å². The van der Waals surface area contributed by atoms with Crippen molar-refractivity contribution in [2.45, 2.75) is 43.9 Å². The SMILES string of the molecule is CCC(Sc1ccc(CNCC(C)C)cc1)C(N)=O. The maximum absolute atomic E-state index is 11.2. The van der Waals surface area contributed by atoms with Crippen LogP contribution in [0.5, 0.6) is 0 Å². The van der Waals surface area contributed by atoms with Crippen molar-refractivity contribution in [3.8, 4) is 0 Å². The van der Waals surface area contributed by atoms with Gasteiger partial charge in [0.05, 0.1) is 5.25 Å². The van der Waals surface area contributed by atoms with E-state index in [1.807, 2.05) is 6.92 Å². The number of benzene rings is 1. The lowest BCUT2D eigenvalue weighted by Gasteiger charge is -2.11. The van der Waals surface area contributed by atoms with Gasteiger partial charge in [-0.2, -0.15) is 0 Å². The van der Waals surface area contributed by atoms with Gasteiger partial charge in [0.15, 0.2) is 0 Å². The Morgan fingerprint density at radius 2 is 1.95 bits per heavy atom. The van der Waals surface area contributed by atoms with E-state index in [9.17, 15) is 4.79 Å². The van der Waals surface area contributed by atoms with Crippen LogP contribution in [-0.2, 0) is 11.3 Å². The molecule has 0 radical (unpaired) electrons. The summed E-state index contributed by atoms with van der Waals surface area (Å²) in [6.45, 7) is 8.28. The number of hydrogen-bond acceptors (Lipinski definition) is 3. The lowest BCUT2D eigenvalue weighted by molar-refractivity contribution is -0.117. The van der Waals surface area contributed by atoms with Crippen molar-refractivity contribution < 1.29 is 4.79 Å². The van der Waals surface area contributed by atoms with Crippen LogP contribution in [0.1, 0.15) is 32.8 Å². The molecule has 0 saturated heterocycles. The zero-order chi connectivity index (χ0) is 14.3. The zero-order valence-corrected chi connectivity index (χ0v) is 12.8. The first-order valence-electron chi connectivity index (χ1n) is 6.78. The molecule has 1 unspecified atom stereocenters. The summed E-state index contributed by atoms with van der Waals surface area (Å²) < 4.78 is 0. The topological polar surface area (TPSA) is 55.1 Å². The molecular weight excluding hydrogens is 256 g/mol. The Morgan fingerprint density at radius 3 is 2.42 bits per heavy atom. The van der Waals surface area contributed by atoms with Gasteiger partial charge in [0.25, 0.3) is 0 Å². The van der Waals surface area contributed by atoms with E-state index in [4.69, 9.17) is 5.73 Å². The predicted octanol–water partition coefficient (Wildman–Crippen LogP) is 2.79. The summed E-state index contributed by atoms with van der Waals surface area (Å²) in [6.07, 6.45) is 0.762. The molecule has 3 nitrogen and oxygen atoms in total. The van der Waals surface area contributed by atoms with E-state index >= 15 is 0 Å². The molecule has 0 aromatic heterocycles. The molecule has 0 heterocycles. The number of carbonyl (C=O) groups excluding carboxylic acids is 1. The Bertz CT molecular complexity index is 390. The first-order chi connectivity index (χ1) is 9.02. The molecule has 3 N–H and O–H groups in total. The highest BCUT2D eigenvalue weighted by Gasteiger charge is 2.13. The summed E-state index contributed by atoms with van der Waals surface area (Å²) in [5.41, 5.74) is 6.61. The summed E-state index contributed by atoms with van der Waals surface area (Å²) in [6, 6.07) is 8.32. The summed E-state index contributed by atoms with van der Waals surface area (Å²) in [5.74, 6) is 0.422. The summed E-state index contributed by atoms with van der Waals surface area (Å²) in [4.78, 5) is 12.3. The first-order valence-corrected chi connectivity index (χ1v) is 7.66. The second-order valence-corrected chi connectivity index (χ2v) is 6.36. The second kappa shape index (κ2) is 8.23. The van der Waals surface area contributed by atoms with Crippen molar-refractivity contribution in [2.24, 2.45) is 11.7 Å². The molecule has 19 heavy (non-hydrogen) atoms. The third-order valence-electron chi connectivity index (χ3n) is 2.77. The maximum atomic E-state index is 11.2. The van der Waals surface area contributed by atoms with Crippen molar-refractivity contribution in [1.82, 2.24) is 5.32 Å². The normalized spacial score (nSPS) is 12.6. The van der Waals surface area contributed by atoms with Crippen LogP contribution in [-0.4, -0.2) is 17.7 Å². The highest BCUT2D eigenvalue weighted by molar-refractivity contribution is 8.00. The van der Waals surface area contributed by atoms with E-state index in [1.54, 1.807) is 0 Å². The Kier molecular flexibility index (Phi) is 6.95. The lowest BCUT2D eigenvalue weighted by Crippen LogP contribution is -2.24. The highest BCUT2D eigenvalue weighted by atomic mass is 32.2. The zero-order valence-electron chi connectivity index (χ0n) is 12.0. The standard InChI is InChI=1S/C15H24N2OS/c1-4-14(15(16)18)19-13-7-5-12(6-8-13)10-17-9-11(2)3/h5-8,11,14,17H,4,9-10H2,1-3H3,(H2,16,18). The molecule has 0 spiro atoms. The van der Waals surface area contributed by atoms with Gasteiger partial charge < -0.3 is 11.1 Å². The Hall–Kier alpha value is -1.00. The van der Waals surface area contributed by atoms with E-state index in [2.05, 4.69) is 43.4 Å². The van der Waals surface area contributed by atoms with Gasteiger partial charge in [-0.3, -0.25) is 4.79 Å². The molecule has 1 rings (SSSR count). The maximum Gasteiger partial charge on any atom is 0.230 e. The Morgan fingerprint density at radius 1 is 1.32 bits per heavy atom. The van der Waals surface area contributed by atoms with E-state index in [-0.39, 0.29) is 11.2 Å². The average molecular weight is 280 g/mol. The molecule has 0 bridgehead atoms. The van der Waals surface area contributed by atoms with Crippen LogP contribution in [0.2, 0.25) is 0 Å². The third-order valence-corrected chi connectivity index (χ3v) is 4.17. The predicted molar refractivity (Wildman–Crippen MR) is 82.1 cm³/mol. The number of carbonyl (C=O) groups is 1. The minimum atomic E-state index is -0.241. The molecule has 1 aromatic carbocycles. The molecule has 106 valence electrons. The largest absolute Gasteiger partial charge is 0.369 e. The monoisotopic (exact) mass is 280 g/mol. The van der Waals surface area contributed by atoms with Crippen molar-refractivity contribution in [3.05, 3.63) is 29.8 Å². The van der Waals surface area contributed by atoms with E-state index in [1.165, 1.54) is 17.3 Å². The summed E-state index contributed by atoms with van der Waals surface area (Å²) in [7, 11) is 0. The fourth-order valence-corrected chi connectivity index (χ4v) is 2.60. The molecule has 1 amide bonds. The van der Waals surface area contributed by atoms with E-state index in [0.717, 1.165) is 24.4 Å². The fraction of sp³-hybridized carbons (Fsp3) is 0.533. The molecule has 0 fully saturated rings. The average Bonchev–Trinajstić information content (AvgIpc) is 2.37. The van der Waals surface area contributed by atoms with Gasteiger partial charge in [-0.25, -0.2) is 0 Å². The summed E-state index contributed by atoms with van der Waals surface area (Å²) >= 11 is 1.54. The van der Waals surface area contributed by atoms with Crippen LogP contribution in [0.4, 0.5) is 0 Å². The van der Waals surface area contributed by atoms with Gasteiger partial charge in [0.1, 0.15) is 0 Å². The van der Waals surface area contributed by atoms with Crippen LogP contribution in [0, 0.1) is 5.92 Å². The second-order valence-electron chi connectivity index (χ2n) is 5.09. The van der Waals surface area contributed by atoms with Gasteiger partial charge in [-0.15, -0.1) is 11.8 Å². The molecule has 4 heteroatoms. The quantitative estimate of drug-likeness (QED) is 0.720. The molecule has 1 atom stereocenters. The number of hydrogen-bond donors (Lipinski definition) is 2. The number of nitrogens with one attached hydrogen (secondary N) is 1. The number of primary amides is 1. The molecule has 0 saturated carbocycles. The van der Waals surface area contributed by atoms with Crippen LogP contribution in [0.15, 0.2) is 29.2 Å². The Labute approximate surface area is 120 Å². The van der Waals surface area contributed by atoms with Gasteiger partial charge in [-0.1, -0.05) is 32.9 Å². The van der Waals surface area contributed by atoms with E-state index < -0.39 is 0 Å². The Balaban J connectivity index is 2.49. The van der Waals surface area contributed by atoms with Crippen LogP contribution in [0.3, 0.4) is 0 Å². The minimum Gasteiger partial charge on any atom is -0.369 e. The van der Waals surface area contributed by atoms with E-state index in [0.29, 0.717) is 5.92 Å². The highest BCUT2D eigenvalue weighted by Crippen LogP contribution is 2.25. The molecule has 0 aliphatic carbocycles. The number of amides is 1. The smallest absolute Gasteiger partial charge is 0.230 e. The third kappa shape index (κ3) is 6.12. The minimum absolute atomic E-state index is 0.134. The van der Waals surface area contributed by atoms with Crippen LogP contribution < -0.4 is 11.1 Å². The molecular formula is C15H24N2OS. The van der Waals surface area contributed by atoms with Crippen LogP contribution >= 0.6 is 11.8 Å². The van der Waals surface area contributed by atoms with Crippen molar-refractivity contribution in [3.63, 3.8) is 0 Å². The summed E-state index contributed by atoms with van der Waals surface area (Å²) in [5, 5.41) is 3.28. The number of nitrogens with two attached hydrogens (primary N) is 1. The van der Waals surface area contributed by atoms with Gasteiger partial charge in [-0.05, 0) is 36.6 Å².